The first-order valence-electron chi connectivity index (χ1n) is 8.44. The number of ether oxygens (including phenoxy) is 1. The molecular formula is C19H22ClN3O2. The second kappa shape index (κ2) is 8.74. The Kier molecular flexibility index (Phi) is 6.14. The molecule has 0 unspecified atom stereocenters. The average molecular weight is 360 g/mol. The zero-order chi connectivity index (χ0) is 17.5. The molecule has 5 nitrogen and oxygen atoms in total. The predicted octanol–water partition coefficient (Wildman–Crippen LogP) is 3.54. The van der Waals surface area contributed by atoms with Gasteiger partial charge in [-0.3, -0.25) is 0 Å². The molecule has 1 aliphatic rings. The summed E-state index contributed by atoms with van der Waals surface area (Å²) in [6.45, 7) is 3.59. The molecule has 3 rings (SSSR count). The first-order valence-corrected chi connectivity index (χ1v) is 8.82. The third kappa shape index (κ3) is 4.87. The third-order valence-corrected chi connectivity index (χ3v) is 4.51. The van der Waals surface area contributed by atoms with Gasteiger partial charge >= 0.3 is 6.03 Å². The quantitative estimate of drug-likeness (QED) is 0.858. The van der Waals surface area contributed by atoms with E-state index in [9.17, 15) is 4.79 Å². The largest absolute Gasteiger partial charge is 0.378 e. The Balaban J connectivity index is 1.55. The molecule has 2 N–H and O–H groups in total. The van der Waals surface area contributed by atoms with Crippen molar-refractivity contribution in [3.8, 4) is 0 Å². The number of amides is 2. The molecule has 2 aromatic carbocycles. The second-order valence-corrected chi connectivity index (χ2v) is 6.25. The lowest BCUT2D eigenvalue weighted by atomic mass is 10.1. The highest BCUT2D eigenvalue weighted by Crippen LogP contribution is 2.26. The minimum absolute atomic E-state index is 0.215. The zero-order valence-corrected chi connectivity index (χ0v) is 14.8. The standard InChI is InChI=1S/C19H22ClN3O2/c20-16-6-2-1-5-15(16)9-10-21-19(24)22-17-7-3-4-8-18(17)23-11-13-25-14-12-23/h1-8H,9-14H2,(H2,21,22,24). The monoisotopic (exact) mass is 359 g/mol. The number of urea groups is 1. The molecule has 132 valence electrons. The zero-order valence-electron chi connectivity index (χ0n) is 14.0. The number of nitrogens with one attached hydrogen (secondary N) is 2. The van der Waals surface area contributed by atoms with Crippen LogP contribution in [0.4, 0.5) is 16.2 Å². The van der Waals surface area contributed by atoms with Crippen LogP contribution >= 0.6 is 11.6 Å². The lowest BCUT2D eigenvalue weighted by Gasteiger charge is -2.30. The van der Waals surface area contributed by atoms with Gasteiger partial charge in [0.15, 0.2) is 0 Å². The van der Waals surface area contributed by atoms with Crippen LogP contribution in [0.5, 0.6) is 0 Å². The van der Waals surface area contributed by atoms with Gasteiger partial charge in [-0.15, -0.1) is 0 Å². The number of carbonyl (C=O) groups excluding carboxylic acids is 1. The first kappa shape index (κ1) is 17.6. The smallest absolute Gasteiger partial charge is 0.319 e. The number of benzene rings is 2. The van der Waals surface area contributed by atoms with Crippen LogP contribution in [0, 0.1) is 0 Å². The van der Waals surface area contributed by atoms with Gasteiger partial charge in [-0.25, -0.2) is 4.79 Å². The van der Waals surface area contributed by atoms with Crippen molar-refractivity contribution in [3.63, 3.8) is 0 Å². The van der Waals surface area contributed by atoms with E-state index in [1.807, 2.05) is 48.5 Å². The molecule has 0 aliphatic carbocycles. The van der Waals surface area contributed by atoms with Crippen molar-refractivity contribution in [1.29, 1.82) is 0 Å². The second-order valence-electron chi connectivity index (χ2n) is 5.84. The SMILES string of the molecule is O=C(NCCc1ccccc1Cl)Nc1ccccc1N1CCOCC1. The molecule has 0 bridgehead atoms. The number of hydrogen-bond acceptors (Lipinski definition) is 3. The van der Waals surface area contributed by atoms with Gasteiger partial charge in [-0.2, -0.15) is 0 Å². The van der Waals surface area contributed by atoms with E-state index in [0.29, 0.717) is 26.2 Å². The molecule has 2 aromatic rings. The van der Waals surface area contributed by atoms with Crippen LogP contribution in [-0.4, -0.2) is 38.9 Å². The molecule has 0 saturated carbocycles. The van der Waals surface area contributed by atoms with E-state index in [1.165, 1.54) is 0 Å². The first-order chi connectivity index (χ1) is 12.2. The number of para-hydroxylation sites is 2. The van der Waals surface area contributed by atoms with E-state index in [2.05, 4.69) is 15.5 Å². The van der Waals surface area contributed by atoms with Crippen LogP contribution in [0.3, 0.4) is 0 Å². The minimum Gasteiger partial charge on any atom is -0.378 e. The van der Waals surface area contributed by atoms with Crippen molar-refractivity contribution in [3.05, 3.63) is 59.1 Å². The van der Waals surface area contributed by atoms with Gasteiger partial charge in [0.1, 0.15) is 0 Å². The van der Waals surface area contributed by atoms with Gasteiger partial charge in [-0.1, -0.05) is 41.9 Å². The molecule has 1 aliphatic heterocycles. The topological polar surface area (TPSA) is 53.6 Å². The summed E-state index contributed by atoms with van der Waals surface area (Å²) in [5.74, 6) is 0. The molecule has 0 atom stereocenters. The van der Waals surface area contributed by atoms with E-state index >= 15 is 0 Å². The molecule has 1 fully saturated rings. The number of halogens is 1. The summed E-state index contributed by atoms with van der Waals surface area (Å²) in [6, 6.07) is 15.3. The van der Waals surface area contributed by atoms with E-state index in [0.717, 1.165) is 35.1 Å². The van der Waals surface area contributed by atoms with Gasteiger partial charge in [0.05, 0.1) is 24.6 Å². The number of rotatable bonds is 5. The van der Waals surface area contributed by atoms with Gasteiger partial charge in [0, 0.05) is 24.7 Å². The highest BCUT2D eigenvalue weighted by molar-refractivity contribution is 6.31. The van der Waals surface area contributed by atoms with Gasteiger partial charge < -0.3 is 20.3 Å². The van der Waals surface area contributed by atoms with E-state index in [4.69, 9.17) is 16.3 Å². The van der Waals surface area contributed by atoms with Crippen LogP contribution < -0.4 is 15.5 Å². The van der Waals surface area contributed by atoms with Crippen molar-refractivity contribution in [2.24, 2.45) is 0 Å². The maximum absolute atomic E-state index is 12.2. The number of carbonyl (C=O) groups is 1. The highest BCUT2D eigenvalue weighted by atomic mass is 35.5. The molecule has 6 heteroatoms. The summed E-state index contributed by atoms with van der Waals surface area (Å²) < 4.78 is 5.39. The lowest BCUT2D eigenvalue weighted by molar-refractivity contribution is 0.123. The molecule has 2 amide bonds. The number of nitrogens with zero attached hydrogens (tertiary/aromatic N) is 1. The predicted molar refractivity (Wildman–Crippen MR) is 102 cm³/mol. The molecule has 0 spiro atoms. The molecule has 1 heterocycles. The summed E-state index contributed by atoms with van der Waals surface area (Å²) in [5.41, 5.74) is 2.85. The summed E-state index contributed by atoms with van der Waals surface area (Å²) in [7, 11) is 0. The maximum atomic E-state index is 12.2. The molecule has 25 heavy (non-hydrogen) atoms. The molecule has 0 aromatic heterocycles. The van der Waals surface area contributed by atoms with Crippen molar-refractivity contribution >= 4 is 29.0 Å². The van der Waals surface area contributed by atoms with Crippen molar-refractivity contribution in [2.75, 3.05) is 43.1 Å². The van der Waals surface area contributed by atoms with Crippen LogP contribution in [-0.2, 0) is 11.2 Å². The van der Waals surface area contributed by atoms with Gasteiger partial charge in [-0.05, 0) is 30.2 Å². The Bertz CT molecular complexity index is 717. The van der Waals surface area contributed by atoms with Gasteiger partial charge in [0.25, 0.3) is 0 Å². The summed E-state index contributed by atoms with van der Waals surface area (Å²) in [6.07, 6.45) is 0.693. The number of anilines is 2. The molecule has 1 saturated heterocycles. The van der Waals surface area contributed by atoms with Gasteiger partial charge in [0.2, 0.25) is 0 Å². The molecular weight excluding hydrogens is 338 g/mol. The number of hydrogen-bond donors (Lipinski definition) is 2. The Labute approximate surface area is 152 Å². The Hall–Kier alpha value is -2.24. The summed E-state index contributed by atoms with van der Waals surface area (Å²) >= 11 is 6.13. The van der Waals surface area contributed by atoms with E-state index in [1.54, 1.807) is 0 Å². The summed E-state index contributed by atoms with van der Waals surface area (Å²) in [5, 5.41) is 6.55. The van der Waals surface area contributed by atoms with Crippen LogP contribution in [0.2, 0.25) is 5.02 Å². The lowest BCUT2D eigenvalue weighted by Crippen LogP contribution is -2.37. The number of morpholine rings is 1. The highest BCUT2D eigenvalue weighted by Gasteiger charge is 2.15. The fourth-order valence-electron chi connectivity index (χ4n) is 2.84. The Morgan fingerprint density at radius 1 is 1.08 bits per heavy atom. The summed E-state index contributed by atoms with van der Waals surface area (Å²) in [4.78, 5) is 14.4. The Morgan fingerprint density at radius 3 is 2.60 bits per heavy atom. The third-order valence-electron chi connectivity index (χ3n) is 4.14. The normalized spacial score (nSPS) is 14.2. The average Bonchev–Trinajstić information content (AvgIpc) is 2.64. The van der Waals surface area contributed by atoms with Crippen LogP contribution in [0.1, 0.15) is 5.56 Å². The minimum atomic E-state index is -0.215. The fraction of sp³-hybridized carbons (Fsp3) is 0.316. The van der Waals surface area contributed by atoms with Crippen LogP contribution in [0.25, 0.3) is 0 Å². The van der Waals surface area contributed by atoms with E-state index in [-0.39, 0.29) is 6.03 Å². The maximum Gasteiger partial charge on any atom is 0.319 e. The van der Waals surface area contributed by atoms with Crippen molar-refractivity contribution in [1.82, 2.24) is 5.32 Å². The van der Waals surface area contributed by atoms with Crippen LogP contribution in [0.15, 0.2) is 48.5 Å². The Morgan fingerprint density at radius 2 is 1.80 bits per heavy atom. The van der Waals surface area contributed by atoms with Crippen molar-refractivity contribution < 1.29 is 9.53 Å². The molecule has 0 radical (unpaired) electrons. The van der Waals surface area contributed by atoms with Crippen molar-refractivity contribution in [2.45, 2.75) is 6.42 Å². The fourth-order valence-corrected chi connectivity index (χ4v) is 3.07. The van der Waals surface area contributed by atoms with E-state index < -0.39 is 0 Å².